The van der Waals surface area contributed by atoms with Gasteiger partial charge in [-0.3, -0.25) is 0 Å². The summed E-state index contributed by atoms with van der Waals surface area (Å²) in [6, 6.07) is 22.8. The van der Waals surface area contributed by atoms with Crippen molar-refractivity contribution in [2.75, 3.05) is 0 Å². The third kappa shape index (κ3) is 2.75. The second kappa shape index (κ2) is 6.56. The maximum absolute atomic E-state index is 6.18. The van der Waals surface area contributed by atoms with Crippen LogP contribution >= 0.6 is 0 Å². The van der Waals surface area contributed by atoms with Gasteiger partial charge in [0.15, 0.2) is 16.6 Å². The molecule has 0 amide bonds. The summed E-state index contributed by atoms with van der Waals surface area (Å²) < 4.78 is 10.9. The highest BCUT2D eigenvalue weighted by atomic mass is 16.3. The monoisotopic (exact) mass is 396 g/mol. The van der Waals surface area contributed by atoms with Crippen LogP contribution in [0.25, 0.3) is 45.0 Å². The summed E-state index contributed by atoms with van der Waals surface area (Å²) in [5, 5.41) is 0. The van der Waals surface area contributed by atoms with Crippen LogP contribution in [0.5, 0.6) is 0 Å². The average Bonchev–Trinajstić information content (AvgIpc) is 3.28. The number of benzene rings is 3. The first-order valence-electron chi connectivity index (χ1n) is 10.3. The molecule has 0 bridgehead atoms. The van der Waals surface area contributed by atoms with Crippen LogP contribution in [0.3, 0.4) is 0 Å². The van der Waals surface area contributed by atoms with Crippen LogP contribution in [0.15, 0.2) is 71.1 Å². The molecule has 2 aromatic heterocycles. The van der Waals surface area contributed by atoms with Gasteiger partial charge in [0.2, 0.25) is 5.89 Å². The molecule has 2 heterocycles. The number of hydrogen-bond donors (Lipinski definition) is 0. The van der Waals surface area contributed by atoms with Gasteiger partial charge in [-0.2, -0.15) is 0 Å². The third-order valence-electron chi connectivity index (χ3n) is 5.70. The number of aryl methyl sites for hydroxylation is 2. The van der Waals surface area contributed by atoms with Gasteiger partial charge < -0.3 is 4.42 Å². The highest BCUT2D eigenvalue weighted by Crippen LogP contribution is 2.37. The van der Waals surface area contributed by atoms with Crippen molar-refractivity contribution in [2.45, 2.75) is 33.2 Å². The number of aromatic nitrogens is 3. The van der Waals surface area contributed by atoms with E-state index in [1.165, 1.54) is 16.6 Å². The second-order valence-electron chi connectivity index (χ2n) is 8.87. The molecule has 0 atom stereocenters. The predicted molar refractivity (Wildman–Crippen MR) is 121 cm³/mol. The Morgan fingerprint density at radius 3 is 2.33 bits per heavy atom. The summed E-state index contributed by atoms with van der Waals surface area (Å²) in [5.41, 5.74) is 7.30. The Morgan fingerprint density at radius 2 is 1.60 bits per heavy atom. The number of oxazole rings is 1. The topological polar surface area (TPSA) is 34.8 Å². The van der Waals surface area contributed by atoms with Gasteiger partial charge in [0, 0.05) is 5.56 Å². The van der Waals surface area contributed by atoms with Gasteiger partial charge in [-0.05, 0) is 63.6 Å². The molecular weight excluding hydrogens is 370 g/mol. The lowest BCUT2D eigenvalue weighted by atomic mass is 10.0. The van der Waals surface area contributed by atoms with Crippen molar-refractivity contribution in [2.24, 2.45) is 7.05 Å². The van der Waals surface area contributed by atoms with Crippen LogP contribution in [0, 0.1) is 6.92 Å². The second-order valence-corrected chi connectivity index (χ2v) is 8.87. The van der Waals surface area contributed by atoms with Crippen LogP contribution in [0.2, 0.25) is 0 Å². The van der Waals surface area contributed by atoms with Crippen LogP contribution < -0.4 is 4.57 Å². The van der Waals surface area contributed by atoms with Crippen molar-refractivity contribution in [1.82, 2.24) is 9.55 Å². The molecule has 0 radical (unpaired) electrons. The van der Waals surface area contributed by atoms with Gasteiger partial charge >= 0.3 is 0 Å². The summed E-state index contributed by atoms with van der Waals surface area (Å²) in [6.07, 6.45) is 0. The quantitative estimate of drug-likeness (QED) is 0.343. The molecule has 0 aliphatic carbocycles. The number of para-hydroxylation sites is 2. The number of hydrogen-bond acceptors (Lipinski definition) is 2. The van der Waals surface area contributed by atoms with E-state index in [1.54, 1.807) is 0 Å². The van der Waals surface area contributed by atoms with Crippen molar-refractivity contribution in [1.29, 1.82) is 0 Å². The molecule has 0 fully saturated rings. The Balaban J connectivity index is 1.89. The molecule has 0 spiro atoms. The van der Waals surface area contributed by atoms with E-state index in [-0.39, 0.29) is 5.54 Å². The zero-order valence-corrected chi connectivity index (χ0v) is 18.1. The van der Waals surface area contributed by atoms with E-state index in [0.717, 1.165) is 28.1 Å². The average molecular weight is 397 g/mol. The summed E-state index contributed by atoms with van der Waals surface area (Å²) in [7, 11) is 2.14. The van der Waals surface area contributed by atoms with Gasteiger partial charge in [0.05, 0.1) is 12.6 Å². The maximum Gasteiger partial charge on any atom is 0.292 e. The van der Waals surface area contributed by atoms with Crippen LogP contribution in [0.1, 0.15) is 26.3 Å². The minimum absolute atomic E-state index is 0.100. The minimum atomic E-state index is -0.100. The first-order chi connectivity index (χ1) is 14.4. The highest BCUT2D eigenvalue weighted by molar-refractivity contribution is 5.93. The van der Waals surface area contributed by atoms with Crippen LogP contribution in [-0.4, -0.2) is 9.55 Å². The van der Waals surface area contributed by atoms with Crippen molar-refractivity contribution in [3.05, 3.63) is 72.3 Å². The molecule has 0 saturated heterocycles. The van der Waals surface area contributed by atoms with E-state index in [9.17, 15) is 0 Å². The zero-order chi connectivity index (χ0) is 21.0. The van der Waals surface area contributed by atoms with E-state index in [2.05, 4.69) is 74.2 Å². The molecule has 4 nitrogen and oxygen atoms in total. The Bertz CT molecular complexity index is 1390. The fourth-order valence-electron chi connectivity index (χ4n) is 4.35. The SMILES string of the molecule is Cc1ccc2oc(-c3ccccc3)nc2c1-c1n(C(C)(C)C)c2ccccc2[n+]1C. The summed E-state index contributed by atoms with van der Waals surface area (Å²) in [6.45, 7) is 8.89. The maximum atomic E-state index is 6.18. The van der Waals surface area contributed by atoms with Crippen molar-refractivity contribution >= 4 is 22.1 Å². The van der Waals surface area contributed by atoms with Crippen molar-refractivity contribution in [3.63, 3.8) is 0 Å². The lowest BCUT2D eigenvalue weighted by Gasteiger charge is -2.19. The van der Waals surface area contributed by atoms with Gasteiger partial charge in [-0.25, -0.2) is 14.1 Å². The molecule has 150 valence electrons. The summed E-state index contributed by atoms with van der Waals surface area (Å²) in [5.74, 6) is 1.79. The largest absolute Gasteiger partial charge is 0.436 e. The van der Waals surface area contributed by atoms with E-state index in [4.69, 9.17) is 9.40 Å². The van der Waals surface area contributed by atoms with Crippen molar-refractivity contribution in [3.8, 4) is 22.8 Å². The molecule has 0 saturated carbocycles. The third-order valence-corrected chi connectivity index (χ3v) is 5.70. The van der Waals surface area contributed by atoms with E-state index in [1.807, 2.05) is 36.4 Å². The van der Waals surface area contributed by atoms with Gasteiger partial charge in [-0.15, -0.1) is 0 Å². The number of fused-ring (bicyclic) bond motifs is 2. The Labute approximate surface area is 176 Å². The fourth-order valence-corrected chi connectivity index (χ4v) is 4.35. The fraction of sp³-hybridized carbons (Fsp3) is 0.231. The molecule has 0 aliphatic heterocycles. The molecule has 4 heteroatoms. The molecule has 30 heavy (non-hydrogen) atoms. The van der Waals surface area contributed by atoms with Crippen LogP contribution in [0.4, 0.5) is 0 Å². The molecule has 0 aliphatic rings. The molecule has 5 rings (SSSR count). The smallest absolute Gasteiger partial charge is 0.292 e. The lowest BCUT2D eigenvalue weighted by molar-refractivity contribution is -0.634. The molecule has 0 unspecified atom stereocenters. The number of imidazole rings is 1. The minimum Gasteiger partial charge on any atom is -0.436 e. The van der Waals surface area contributed by atoms with Gasteiger partial charge in [0.25, 0.3) is 5.82 Å². The number of rotatable bonds is 2. The first-order valence-corrected chi connectivity index (χ1v) is 10.3. The Kier molecular flexibility index (Phi) is 4.07. The molecule has 3 aromatic carbocycles. The van der Waals surface area contributed by atoms with E-state index in [0.29, 0.717) is 5.89 Å². The normalized spacial score (nSPS) is 12.2. The highest BCUT2D eigenvalue weighted by Gasteiger charge is 2.34. The van der Waals surface area contributed by atoms with Gasteiger partial charge in [-0.1, -0.05) is 36.4 Å². The summed E-state index contributed by atoms with van der Waals surface area (Å²) >= 11 is 0. The summed E-state index contributed by atoms with van der Waals surface area (Å²) in [4.78, 5) is 4.96. The van der Waals surface area contributed by atoms with Crippen molar-refractivity contribution < 1.29 is 8.98 Å². The predicted octanol–water partition coefficient (Wildman–Crippen LogP) is 6.00. The Morgan fingerprint density at radius 1 is 0.900 bits per heavy atom. The van der Waals surface area contributed by atoms with E-state index >= 15 is 0 Å². The molecule has 0 N–H and O–H groups in total. The lowest BCUT2D eigenvalue weighted by Crippen LogP contribution is -2.33. The molecule has 5 aromatic rings. The van der Waals surface area contributed by atoms with E-state index < -0.39 is 0 Å². The number of nitrogens with zero attached hydrogens (tertiary/aromatic N) is 3. The van der Waals surface area contributed by atoms with Crippen LogP contribution in [-0.2, 0) is 12.6 Å². The molecular formula is C26H26N3O+. The Hall–Kier alpha value is -3.40. The first kappa shape index (κ1) is 18.6. The van der Waals surface area contributed by atoms with Gasteiger partial charge in [0.1, 0.15) is 11.1 Å². The zero-order valence-electron chi connectivity index (χ0n) is 18.1. The standard InChI is InChI=1S/C26H26N3O/c1-17-15-16-21-23(27-24(30-21)18-11-7-6-8-12-18)22(17)25-28(5)19-13-9-10-14-20(19)29(25)26(2,3)4/h6-16H,1-5H3/q+1.